The predicted octanol–water partition coefficient (Wildman–Crippen LogP) is 5.72. The highest BCUT2D eigenvalue weighted by Crippen LogP contribution is 2.31. The standard InChI is InChI=1S/C26H31N3OS/c1-16(2)19-10-20(12-21(11-19)25-6-5-9-31-25)18(4)28-26(30)24-13-22(8-7-17(24)3)29-23-14-27-15-23/h5-13,16,18,23,27,29H,14-15H2,1-4H3,(H,28,30). The first-order valence-corrected chi connectivity index (χ1v) is 11.9. The van der Waals surface area contributed by atoms with Crippen LogP contribution >= 0.6 is 11.3 Å². The summed E-state index contributed by atoms with van der Waals surface area (Å²) in [7, 11) is 0. The Morgan fingerprint density at radius 1 is 1.06 bits per heavy atom. The number of amides is 1. The van der Waals surface area contributed by atoms with Gasteiger partial charge in [0.05, 0.1) is 12.1 Å². The fraction of sp³-hybridized carbons (Fsp3) is 0.346. The average Bonchev–Trinajstić information content (AvgIpc) is 3.26. The molecule has 0 radical (unpaired) electrons. The van der Waals surface area contributed by atoms with Crippen LogP contribution in [0.3, 0.4) is 0 Å². The van der Waals surface area contributed by atoms with E-state index in [4.69, 9.17) is 0 Å². The molecule has 1 aliphatic rings. The lowest BCUT2D eigenvalue weighted by Gasteiger charge is -2.29. The summed E-state index contributed by atoms with van der Waals surface area (Å²) in [6.07, 6.45) is 0. The van der Waals surface area contributed by atoms with E-state index in [0.29, 0.717) is 12.0 Å². The summed E-state index contributed by atoms with van der Waals surface area (Å²) in [5.41, 5.74) is 6.35. The van der Waals surface area contributed by atoms with E-state index in [1.165, 1.54) is 16.0 Å². The molecule has 0 spiro atoms. The number of anilines is 1. The summed E-state index contributed by atoms with van der Waals surface area (Å²) in [4.78, 5) is 14.4. The molecule has 0 bridgehead atoms. The van der Waals surface area contributed by atoms with Gasteiger partial charge in [0.15, 0.2) is 0 Å². The zero-order chi connectivity index (χ0) is 22.0. The Morgan fingerprint density at radius 3 is 2.48 bits per heavy atom. The van der Waals surface area contributed by atoms with Gasteiger partial charge < -0.3 is 16.0 Å². The minimum Gasteiger partial charge on any atom is -0.380 e. The van der Waals surface area contributed by atoms with Crippen LogP contribution in [0.15, 0.2) is 53.9 Å². The second-order valence-electron chi connectivity index (χ2n) is 8.74. The maximum Gasteiger partial charge on any atom is 0.252 e. The highest BCUT2D eigenvalue weighted by atomic mass is 32.1. The van der Waals surface area contributed by atoms with Crippen molar-refractivity contribution in [1.82, 2.24) is 10.6 Å². The van der Waals surface area contributed by atoms with Crippen LogP contribution < -0.4 is 16.0 Å². The van der Waals surface area contributed by atoms with E-state index in [2.05, 4.69) is 72.4 Å². The topological polar surface area (TPSA) is 53.2 Å². The van der Waals surface area contributed by atoms with Crippen molar-refractivity contribution < 1.29 is 4.79 Å². The van der Waals surface area contributed by atoms with Gasteiger partial charge in [0.1, 0.15) is 0 Å². The average molecular weight is 434 g/mol. The van der Waals surface area contributed by atoms with Gasteiger partial charge >= 0.3 is 0 Å². The van der Waals surface area contributed by atoms with Crippen LogP contribution in [0.25, 0.3) is 10.4 Å². The van der Waals surface area contributed by atoms with Gasteiger partial charge in [0, 0.05) is 29.2 Å². The van der Waals surface area contributed by atoms with Crippen molar-refractivity contribution in [2.45, 2.75) is 45.7 Å². The first-order chi connectivity index (χ1) is 14.9. The SMILES string of the molecule is Cc1ccc(NC2CNC2)cc1C(=O)NC(C)c1cc(-c2cccs2)cc(C(C)C)c1. The van der Waals surface area contributed by atoms with Crippen LogP contribution in [-0.4, -0.2) is 25.0 Å². The number of nitrogens with one attached hydrogen (secondary N) is 3. The lowest BCUT2D eigenvalue weighted by Crippen LogP contribution is -2.51. The molecule has 3 N–H and O–H groups in total. The molecule has 1 atom stereocenters. The maximum atomic E-state index is 13.2. The Hall–Kier alpha value is -2.63. The van der Waals surface area contributed by atoms with Crippen molar-refractivity contribution in [1.29, 1.82) is 0 Å². The van der Waals surface area contributed by atoms with Gasteiger partial charge in [-0.2, -0.15) is 0 Å². The van der Waals surface area contributed by atoms with Crippen molar-refractivity contribution in [3.05, 3.63) is 76.2 Å². The normalized spacial score (nSPS) is 14.9. The Bertz CT molecular complexity index is 1050. The summed E-state index contributed by atoms with van der Waals surface area (Å²) in [6.45, 7) is 10.4. The Labute approximate surface area is 189 Å². The van der Waals surface area contributed by atoms with E-state index in [0.717, 1.165) is 35.5 Å². The molecular weight excluding hydrogens is 402 g/mol. The maximum absolute atomic E-state index is 13.2. The third kappa shape index (κ3) is 5.00. The van der Waals surface area contributed by atoms with Crippen molar-refractivity contribution >= 4 is 22.9 Å². The minimum absolute atomic E-state index is 0.0343. The number of benzene rings is 2. The molecular formula is C26H31N3OS. The van der Waals surface area contributed by atoms with Crippen molar-refractivity contribution in [3.8, 4) is 10.4 Å². The van der Waals surface area contributed by atoms with E-state index in [-0.39, 0.29) is 11.9 Å². The van der Waals surface area contributed by atoms with Gasteiger partial charge in [-0.1, -0.05) is 38.1 Å². The summed E-state index contributed by atoms with van der Waals surface area (Å²) < 4.78 is 0. The monoisotopic (exact) mass is 433 g/mol. The molecule has 2 heterocycles. The van der Waals surface area contributed by atoms with Crippen LogP contribution in [0.5, 0.6) is 0 Å². The van der Waals surface area contributed by atoms with Gasteiger partial charge in [-0.3, -0.25) is 4.79 Å². The second-order valence-corrected chi connectivity index (χ2v) is 9.69. The minimum atomic E-state index is -0.0863. The summed E-state index contributed by atoms with van der Waals surface area (Å²) in [5, 5.41) is 12.1. The molecule has 1 aromatic heterocycles. The molecule has 4 nitrogen and oxygen atoms in total. The van der Waals surface area contributed by atoms with Gasteiger partial charge in [-0.25, -0.2) is 0 Å². The van der Waals surface area contributed by atoms with Crippen LogP contribution in [0.1, 0.15) is 59.8 Å². The summed E-state index contributed by atoms with van der Waals surface area (Å²) in [5.74, 6) is 0.389. The molecule has 1 fully saturated rings. The first kappa shape index (κ1) is 21.6. The molecule has 3 aromatic rings. The van der Waals surface area contributed by atoms with Crippen molar-refractivity contribution in [3.63, 3.8) is 0 Å². The lowest BCUT2D eigenvalue weighted by atomic mass is 9.94. The van der Waals surface area contributed by atoms with Crippen LogP contribution in [0, 0.1) is 6.92 Å². The molecule has 162 valence electrons. The molecule has 2 aromatic carbocycles. The number of thiophene rings is 1. The van der Waals surface area contributed by atoms with E-state index in [1.54, 1.807) is 11.3 Å². The van der Waals surface area contributed by atoms with E-state index in [9.17, 15) is 4.79 Å². The van der Waals surface area contributed by atoms with E-state index in [1.807, 2.05) is 25.1 Å². The number of hydrogen-bond acceptors (Lipinski definition) is 4. The number of hydrogen-bond donors (Lipinski definition) is 3. The molecule has 5 heteroatoms. The predicted molar refractivity (Wildman–Crippen MR) is 131 cm³/mol. The molecule has 1 amide bonds. The van der Waals surface area contributed by atoms with Crippen molar-refractivity contribution in [2.24, 2.45) is 0 Å². The van der Waals surface area contributed by atoms with Crippen LogP contribution in [0.4, 0.5) is 5.69 Å². The summed E-state index contributed by atoms with van der Waals surface area (Å²) >= 11 is 1.74. The van der Waals surface area contributed by atoms with Crippen LogP contribution in [0.2, 0.25) is 0 Å². The highest BCUT2D eigenvalue weighted by Gasteiger charge is 2.19. The molecule has 0 saturated carbocycles. The zero-order valence-corrected chi connectivity index (χ0v) is 19.5. The fourth-order valence-corrected chi connectivity index (χ4v) is 4.50. The number of rotatable bonds is 7. The third-order valence-electron chi connectivity index (χ3n) is 5.93. The first-order valence-electron chi connectivity index (χ1n) is 11.0. The highest BCUT2D eigenvalue weighted by molar-refractivity contribution is 7.13. The molecule has 1 saturated heterocycles. The zero-order valence-electron chi connectivity index (χ0n) is 18.7. The quantitative estimate of drug-likeness (QED) is 0.446. The molecule has 1 aliphatic heterocycles. The van der Waals surface area contributed by atoms with Gasteiger partial charge in [-0.15, -0.1) is 11.3 Å². The fourth-order valence-electron chi connectivity index (χ4n) is 3.79. The van der Waals surface area contributed by atoms with Gasteiger partial charge in [-0.05, 0) is 71.7 Å². The van der Waals surface area contributed by atoms with Crippen molar-refractivity contribution in [2.75, 3.05) is 18.4 Å². The molecule has 31 heavy (non-hydrogen) atoms. The lowest BCUT2D eigenvalue weighted by molar-refractivity contribution is 0.0939. The number of carbonyl (C=O) groups is 1. The molecule has 0 aliphatic carbocycles. The Morgan fingerprint density at radius 2 is 1.84 bits per heavy atom. The Balaban J connectivity index is 1.55. The van der Waals surface area contributed by atoms with Gasteiger partial charge in [0.25, 0.3) is 5.91 Å². The van der Waals surface area contributed by atoms with Gasteiger partial charge in [0.2, 0.25) is 0 Å². The Kier molecular flexibility index (Phi) is 6.44. The van der Waals surface area contributed by atoms with Crippen LogP contribution in [-0.2, 0) is 0 Å². The number of aryl methyl sites for hydroxylation is 1. The molecule has 4 rings (SSSR count). The summed E-state index contributed by atoms with van der Waals surface area (Å²) in [6, 6.07) is 17.3. The number of carbonyl (C=O) groups excluding carboxylic acids is 1. The third-order valence-corrected chi connectivity index (χ3v) is 6.85. The van der Waals surface area contributed by atoms with E-state index < -0.39 is 0 Å². The second kappa shape index (κ2) is 9.25. The largest absolute Gasteiger partial charge is 0.380 e. The van der Waals surface area contributed by atoms with E-state index >= 15 is 0 Å². The smallest absolute Gasteiger partial charge is 0.252 e. The molecule has 1 unspecified atom stereocenters.